The molecule has 1 N–H and O–H groups in total. The van der Waals surface area contributed by atoms with E-state index in [1.807, 2.05) is 19.1 Å². The van der Waals surface area contributed by atoms with Gasteiger partial charge in [0.05, 0.1) is 16.3 Å². The van der Waals surface area contributed by atoms with Gasteiger partial charge in [-0.15, -0.1) is 0 Å². The molecule has 5 heteroatoms. The fraction of sp³-hybridized carbons (Fsp3) is 0.625. The van der Waals surface area contributed by atoms with Crippen molar-refractivity contribution in [1.82, 2.24) is 4.90 Å². The first-order chi connectivity index (χ1) is 10.0. The van der Waals surface area contributed by atoms with Crippen LogP contribution in [0.15, 0.2) is 29.2 Å². The minimum atomic E-state index is -3.19. The SMILES string of the molecule is CCCS(=O)(=O)c1ccccc1NC(C)CN1CCCC1. The van der Waals surface area contributed by atoms with E-state index in [1.165, 1.54) is 12.8 Å². The molecule has 1 aromatic rings. The largest absolute Gasteiger partial charge is 0.380 e. The molecule has 4 nitrogen and oxygen atoms in total. The minimum Gasteiger partial charge on any atom is -0.380 e. The highest BCUT2D eigenvalue weighted by Crippen LogP contribution is 2.23. The average molecular weight is 310 g/mol. The Labute approximate surface area is 128 Å². The van der Waals surface area contributed by atoms with Gasteiger partial charge >= 0.3 is 0 Å². The summed E-state index contributed by atoms with van der Waals surface area (Å²) >= 11 is 0. The molecule has 1 atom stereocenters. The summed E-state index contributed by atoms with van der Waals surface area (Å²) < 4.78 is 24.7. The first-order valence-corrected chi connectivity index (χ1v) is 9.49. The maximum Gasteiger partial charge on any atom is 0.180 e. The fourth-order valence-corrected chi connectivity index (χ4v) is 4.40. The molecule has 1 fully saturated rings. The van der Waals surface area contributed by atoms with E-state index in [9.17, 15) is 8.42 Å². The Balaban J connectivity index is 2.09. The second-order valence-electron chi connectivity index (χ2n) is 5.87. The van der Waals surface area contributed by atoms with Gasteiger partial charge in [-0.1, -0.05) is 19.1 Å². The molecule has 0 bridgehead atoms. The number of nitrogens with zero attached hydrogens (tertiary/aromatic N) is 1. The standard InChI is InChI=1S/C16H26N2O2S/c1-3-12-21(19,20)16-9-5-4-8-15(16)17-14(2)13-18-10-6-7-11-18/h4-5,8-9,14,17H,3,6-7,10-13H2,1-2H3. The molecule has 0 aliphatic carbocycles. The zero-order chi connectivity index (χ0) is 15.3. The zero-order valence-electron chi connectivity index (χ0n) is 13.0. The van der Waals surface area contributed by atoms with E-state index in [1.54, 1.807) is 12.1 Å². The second-order valence-corrected chi connectivity index (χ2v) is 7.95. The monoisotopic (exact) mass is 310 g/mol. The summed E-state index contributed by atoms with van der Waals surface area (Å²) in [7, 11) is -3.19. The number of anilines is 1. The topological polar surface area (TPSA) is 49.4 Å². The summed E-state index contributed by atoms with van der Waals surface area (Å²) in [5.74, 6) is 0.201. The van der Waals surface area contributed by atoms with Crippen LogP contribution in [0.3, 0.4) is 0 Å². The Morgan fingerprint density at radius 2 is 1.90 bits per heavy atom. The predicted molar refractivity (Wildman–Crippen MR) is 87.5 cm³/mol. The fourth-order valence-electron chi connectivity index (χ4n) is 2.90. The van der Waals surface area contributed by atoms with Gasteiger partial charge < -0.3 is 10.2 Å². The van der Waals surface area contributed by atoms with Crippen LogP contribution in [-0.4, -0.2) is 44.7 Å². The smallest absolute Gasteiger partial charge is 0.180 e. The maximum atomic E-state index is 12.3. The average Bonchev–Trinajstić information content (AvgIpc) is 2.91. The Hall–Kier alpha value is -1.07. The van der Waals surface area contributed by atoms with Crippen LogP contribution in [0, 0.1) is 0 Å². The van der Waals surface area contributed by atoms with Crippen molar-refractivity contribution in [3.05, 3.63) is 24.3 Å². The first kappa shape index (κ1) is 16.3. The lowest BCUT2D eigenvalue weighted by Gasteiger charge is -2.23. The Bertz CT molecular complexity index is 551. The Morgan fingerprint density at radius 3 is 2.57 bits per heavy atom. The number of hydrogen-bond donors (Lipinski definition) is 1. The van der Waals surface area contributed by atoms with Gasteiger partial charge in [-0.05, 0) is 51.4 Å². The summed E-state index contributed by atoms with van der Waals surface area (Å²) in [5.41, 5.74) is 0.734. The van der Waals surface area contributed by atoms with Crippen LogP contribution < -0.4 is 5.32 Å². The molecule has 1 aromatic carbocycles. The molecule has 1 aliphatic heterocycles. The highest BCUT2D eigenvalue weighted by Gasteiger charge is 2.19. The van der Waals surface area contributed by atoms with Crippen LogP contribution in [-0.2, 0) is 9.84 Å². The van der Waals surface area contributed by atoms with E-state index in [4.69, 9.17) is 0 Å². The summed E-state index contributed by atoms with van der Waals surface area (Å²) in [6, 6.07) is 7.48. The van der Waals surface area contributed by atoms with Gasteiger partial charge in [0.25, 0.3) is 0 Å². The van der Waals surface area contributed by atoms with E-state index in [2.05, 4.69) is 17.1 Å². The third-order valence-corrected chi connectivity index (χ3v) is 5.80. The summed E-state index contributed by atoms with van der Waals surface area (Å²) in [4.78, 5) is 2.86. The molecule has 1 saturated heterocycles. The predicted octanol–water partition coefficient (Wildman–Crippen LogP) is 2.77. The molecule has 1 aliphatic rings. The van der Waals surface area contributed by atoms with Crippen LogP contribution in [0.25, 0.3) is 0 Å². The molecule has 0 amide bonds. The zero-order valence-corrected chi connectivity index (χ0v) is 13.8. The number of nitrogens with one attached hydrogen (secondary N) is 1. The summed E-state index contributed by atoms with van der Waals surface area (Å²) in [5, 5.41) is 3.38. The van der Waals surface area contributed by atoms with Gasteiger partial charge in [0.2, 0.25) is 0 Å². The first-order valence-electron chi connectivity index (χ1n) is 7.83. The van der Waals surface area contributed by atoms with E-state index in [0.717, 1.165) is 25.3 Å². The van der Waals surface area contributed by atoms with Gasteiger partial charge in [-0.25, -0.2) is 8.42 Å². The van der Waals surface area contributed by atoms with Crippen molar-refractivity contribution in [1.29, 1.82) is 0 Å². The highest BCUT2D eigenvalue weighted by molar-refractivity contribution is 7.91. The normalized spacial score (nSPS) is 17.8. The molecule has 0 spiro atoms. The van der Waals surface area contributed by atoms with Gasteiger partial charge in [0, 0.05) is 12.6 Å². The van der Waals surface area contributed by atoms with Crippen molar-refractivity contribution in [2.24, 2.45) is 0 Å². The Kier molecular flexibility index (Phi) is 5.65. The molecule has 2 rings (SSSR count). The van der Waals surface area contributed by atoms with E-state index >= 15 is 0 Å². The lowest BCUT2D eigenvalue weighted by Crippen LogP contribution is -2.33. The van der Waals surface area contributed by atoms with Crippen LogP contribution in [0.5, 0.6) is 0 Å². The molecule has 1 unspecified atom stereocenters. The van der Waals surface area contributed by atoms with Crippen molar-refractivity contribution >= 4 is 15.5 Å². The number of rotatable bonds is 7. The van der Waals surface area contributed by atoms with Crippen LogP contribution in [0.2, 0.25) is 0 Å². The molecular formula is C16H26N2O2S. The minimum absolute atomic E-state index is 0.201. The molecular weight excluding hydrogens is 284 g/mol. The van der Waals surface area contributed by atoms with Crippen LogP contribution >= 0.6 is 0 Å². The molecule has 1 heterocycles. The van der Waals surface area contributed by atoms with Crippen molar-refractivity contribution in [3.63, 3.8) is 0 Å². The van der Waals surface area contributed by atoms with Gasteiger partial charge in [0.15, 0.2) is 9.84 Å². The third kappa shape index (κ3) is 4.45. The van der Waals surface area contributed by atoms with Crippen LogP contribution in [0.1, 0.15) is 33.1 Å². The molecule has 21 heavy (non-hydrogen) atoms. The van der Waals surface area contributed by atoms with Gasteiger partial charge in [-0.2, -0.15) is 0 Å². The van der Waals surface area contributed by atoms with Gasteiger partial charge in [-0.3, -0.25) is 0 Å². The molecule has 0 aromatic heterocycles. The van der Waals surface area contributed by atoms with Crippen LogP contribution in [0.4, 0.5) is 5.69 Å². The lowest BCUT2D eigenvalue weighted by atomic mass is 10.2. The maximum absolute atomic E-state index is 12.3. The lowest BCUT2D eigenvalue weighted by molar-refractivity contribution is 0.327. The van der Waals surface area contributed by atoms with Crippen molar-refractivity contribution in [2.45, 2.75) is 44.0 Å². The van der Waals surface area contributed by atoms with Crippen molar-refractivity contribution < 1.29 is 8.42 Å². The highest BCUT2D eigenvalue weighted by atomic mass is 32.2. The van der Waals surface area contributed by atoms with E-state index in [-0.39, 0.29) is 11.8 Å². The van der Waals surface area contributed by atoms with Crippen molar-refractivity contribution in [2.75, 3.05) is 30.7 Å². The number of para-hydroxylation sites is 1. The third-order valence-electron chi connectivity index (χ3n) is 3.83. The number of likely N-dealkylation sites (tertiary alicyclic amines) is 1. The molecule has 0 saturated carbocycles. The number of hydrogen-bond acceptors (Lipinski definition) is 4. The number of benzene rings is 1. The van der Waals surface area contributed by atoms with Gasteiger partial charge in [0.1, 0.15) is 0 Å². The van der Waals surface area contributed by atoms with Crippen molar-refractivity contribution in [3.8, 4) is 0 Å². The molecule has 118 valence electrons. The van der Waals surface area contributed by atoms with E-state index < -0.39 is 9.84 Å². The van der Waals surface area contributed by atoms with E-state index in [0.29, 0.717) is 11.3 Å². The summed E-state index contributed by atoms with van der Waals surface area (Å²) in [6.45, 7) is 7.27. The molecule has 0 radical (unpaired) electrons. The quantitative estimate of drug-likeness (QED) is 0.841. The Morgan fingerprint density at radius 1 is 1.24 bits per heavy atom. The summed E-state index contributed by atoms with van der Waals surface area (Å²) in [6.07, 6.45) is 3.18. The second kappa shape index (κ2) is 7.27. The number of sulfone groups is 1.